The summed E-state index contributed by atoms with van der Waals surface area (Å²) in [5, 5.41) is 16.9. The van der Waals surface area contributed by atoms with Crippen LogP contribution in [0, 0.1) is 3.70 Å². The largest absolute Gasteiger partial charge is 0.386 e. The summed E-state index contributed by atoms with van der Waals surface area (Å²) in [6, 6.07) is 0. The van der Waals surface area contributed by atoms with Gasteiger partial charge in [-0.25, -0.2) is 9.97 Å². The lowest BCUT2D eigenvalue weighted by molar-refractivity contribution is -0.0123. The fourth-order valence-corrected chi connectivity index (χ4v) is 4.84. The van der Waals surface area contributed by atoms with Crippen LogP contribution in [0.15, 0.2) is 5.16 Å². The number of anilines is 1. The Morgan fingerprint density at radius 1 is 1.27 bits per heavy atom. The number of halogens is 1. The van der Waals surface area contributed by atoms with Crippen molar-refractivity contribution < 1.29 is 9.84 Å². The number of aliphatic hydroxyl groups is 1. The first-order valence-corrected chi connectivity index (χ1v) is 10.6. The Labute approximate surface area is 169 Å². The van der Waals surface area contributed by atoms with Crippen molar-refractivity contribution in [3.05, 3.63) is 3.70 Å². The monoisotopic (exact) mass is 488 g/mol. The van der Waals surface area contributed by atoms with Crippen molar-refractivity contribution in [2.24, 2.45) is 14.1 Å². The van der Waals surface area contributed by atoms with E-state index in [0.717, 1.165) is 31.6 Å². The molecule has 0 saturated carbocycles. The van der Waals surface area contributed by atoms with Gasteiger partial charge < -0.3 is 19.3 Å². The molecule has 3 aromatic heterocycles. The first kappa shape index (κ1) is 18.3. The van der Waals surface area contributed by atoms with Gasteiger partial charge in [0.15, 0.2) is 5.16 Å². The first-order chi connectivity index (χ1) is 12.3. The van der Waals surface area contributed by atoms with E-state index in [2.05, 4.69) is 37.2 Å². The van der Waals surface area contributed by atoms with Crippen molar-refractivity contribution in [1.29, 1.82) is 0 Å². The zero-order valence-electron chi connectivity index (χ0n) is 15.2. The number of aryl methyl sites for hydroxylation is 2. The van der Waals surface area contributed by atoms with Gasteiger partial charge in [0.1, 0.15) is 31.8 Å². The van der Waals surface area contributed by atoms with Gasteiger partial charge in [-0.05, 0) is 35.8 Å². The van der Waals surface area contributed by atoms with Crippen LogP contribution < -0.4 is 4.90 Å². The second-order valence-corrected chi connectivity index (χ2v) is 8.67. The van der Waals surface area contributed by atoms with Crippen LogP contribution in [0.25, 0.3) is 22.1 Å². The molecule has 8 nitrogen and oxygen atoms in total. The Balaban J connectivity index is 2.04. The normalized spacial score (nSPS) is 21.7. The standard InChI is InChI=1S/C16H21IN6O2S/c1-16(24)7-23(5-6-25-8-16)14-9-10-11(12(17)20-22(10)3)21(2)13(9)18-15(19-14)26-4/h24H,5-8H2,1-4H3/t16-/m0/s1. The maximum Gasteiger partial charge on any atom is 0.191 e. The molecule has 4 heterocycles. The highest BCUT2D eigenvalue weighted by molar-refractivity contribution is 14.1. The van der Waals surface area contributed by atoms with E-state index in [1.54, 1.807) is 6.92 Å². The molecule has 10 heteroatoms. The van der Waals surface area contributed by atoms with E-state index in [9.17, 15) is 5.11 Å². The lowest BCUT2D eigenvalue weighted by atomic mass is 10.1. The average Bonchev–Trinajstić information content (AvgIpc) is 2.97. The molecular weight excluding hydrogens is 467 g/mol. The highest BCUT2D eigenvalue weighted by atomic mass is 127. The molecule has 1 aliphatic heterocycles. The zero-order chi connectivity index (χ0) is 18.6. The van der Waals surface area contributed by atoms with Crippen molar-refractivity contribution in [1.82, 2.24) is 24.3 Å². The topological polar surface area (TPSA) is 81.2 Å². The van der Waals surface area contributed by atoms with E-state index in [-0.39, 0.29) is 0 Å². The zero-order valence-corrected chi connectivity index (χ0v) is 18.1. The molecule has 3 aromatic rings. The van der Waals surface area contributed by atoms with Crippen molar-refractivity contribution in [2.45, 2.75) is 17.7 Å². The van der Waals surface area contributed by atoms with E-state index in [1.165, 1.54) is 11.8 Å². The maximum atomic E-state index is 10.6. The highest BCUT2D eigenvalue weighted by Gasteiger charge is 2.31. The fraction of sp³-hybridized carbons (Fsp3) is 0.562. The molecule has 1 N–H and O–H groups in total. The number of aromatic nitrogens is 5. The van der Waals surface area contributed by atoms with Gasteiger partial charge in [-0.2, -0.15) is 5.10 Å². The second kappa shape index (κ2) is 6.50. The van der Waals surface area contributed by atoms with Crippen molar-refractivity contribution in [2.75, 3.05) is 37.5 Å². The van der Waals surface area contributed by atoms with Crippen LogP contribution >= 0.6 is 34.4 Å². The van der Waals surface area contributed by atoms with E-state index < -0.39 is 5.60 Å². The lowest BCUT2D eigenvalue weighted by Crippen LogP contribution is -2.42. The summed E-state index contributed by atoms with van der Waals surface area (Å²) >= 11 is 3.77. The predicted molar refractivity (Wildman–Crippen MR) is 111 cm³/mol. The van der Waals surface area contributed by atoms with Crippen molar-refractivity contribution in [3.8, 4) is 0 Å². The number of hydrogen-bond donors (Lipinski definition) is 1. The summed E-state index contributed by atoms with van der Waals surface area (Å²) in [5.41, 5.74) is 2.02. The fourth-order valence-electron chi connectivity index (χ4n) is 3.54. The van der Waals surface area contributed by atoms with Gasteiger partial charge >= 0.3 is 0 Å². The predicted octanol–water partition coefficient (Wildman–Crippen LogP) is 1.77. The molecule has 0 amide bonds. The number of ether oxygens (including phenoxy) is 1. The molecule has 1 fully saturated rings. The van der Waals surface area contributed by atoms with Crippen LogP contribution in [-0.4, -0.2) is 67.6 Å². The molecule has 26 heavy (non-hydrogen) atoms. The number of thioether (sulfide) groups is 1. The Hall–Kier alpha value is -1.11. The Kier molecular flexibility index (Phi) is 4.56. The number of rotatable bonds is 2. The Morgan fingerprint density at radius 3 is 2.77 bits per heavy atom. The molecule has 0 aliphatic carbocycles. The Morgan fingerprint density at radius 2 is 2.04 bits per heavy atom. The number of nitrogens with zero attached hydrogens (tertiary/aromatic N) is 6. The van der Waals surface area contributed by atoms with Crippen LogP contribution in [0.4, 0.5) is 5.82 Å². The van der Waals surface area contributed by atoms with E-state index in [4.69, 9.17) is 14.7 Å². The van der Waals surface area contributed by atoms with Gasteiger partial charge in [-0.3, -0.25) is 4.68 Å². The summed E-state index contributed by atoms with van der Waals surface area (Å²) in [4.78, 5) is 11.7. The average molecular weight is 488 g/mol. The minimum Gasteiger partial charge on any atom is -0.386 e. The van der Waals surface area contributed by atoms with E-state index >= 15 is 0 Å². The summed E-state index contributed by atoms with van der Waals surface area (Å²) in [6.45, 7) is 3.79. The molecule has 0 bridgehead atoms. The van der Waals surface area contributed by atoms with Crippen molar-refractivity contribution >= 4 is 62.2 Å². The second-order valence-electron chi connectivity index (χ2n) is 6.87. The highest BCUT2D eigenvalue weighted by Crippen LogP contribution is 2.37. The van der Waals surface area contributed by atoms with Gasteiger partial charge in [0.25, 0.3) is 0 Å². The van der Waals surface area contributed by atoms with Gasteiger partial charge in [-0.1, -0.05) is 11.8 Å². The molecular formula is C16H21IN6O2S. The third-order valence-electron chi connectivity index (χ3n) is 4.65. The number of hydrogen-bond acceptors (Lipinski definition) is 7. The van der Waals surface area contributed by atoms with Crippen LogP contribution in [0.2, 0.25) is 0 Å². The van der Waals surface area contributed by atoms with Crippen LogP contribution in [-0.2, 0) is 18.8 Å². The molecule has 0 radical (unpaired) electrons. The molecule has 1 atom stereocenters. The third-order valence-corrected chi connectivity index (χ3v) is 5.93. The summed E-state index contributed by atoms with van der Waals surface area (Å²) in [6.07, 6.45) is 1.97. The third kappa shape index (κ3) is 2.86. The van der Waals surface area contributed by atoms with Crippen molar-refractivity contribution in [3.63, 3.8) is 0 Å². The molecule has 1 aliphatic rings. The van der Waals surface area contributed by atoms with E-state index in [1.807, 2.05) is 25.0 Å². The molecule has 0 aromatic carbocycles. The van der Waals surface area contributed by atoms with Gasteiger partial charge in [0.05, 0.1) is 25.1 Å². The molecule has 4 rings (SSSR count). The van der Waals surface area contributed by atoms with Gasteiger partial charge in [0.2, 0.25) is 0 Å². The van der Waals surface area contributed by atoms with E-state index in [0.29, 0.717) is 31.5 Å². The quantitative estimate of drug-likeness (QED) is 0.335. The van der Waals surface area contributed by atoms with Crippen LogP contribution in [0.5, 0.6) is 0 Å². The van der Waals surface area contributed by atoms with Crippen LogP contribution in [0.3, 0.4) is 0 Å². The van der Waals surface area contributed by atoms with Gasteiger partial charge in [-0.15, -0.1) is 0 Å². The van der Waals surface area contributed by atoms with Gasteiger partial charge in [0, 0.05) is 20.6 Å². The number of β-amino-alcohol motifs (C(OH)–C–C–N with tert-alkyl or cyclic N) is 1. The number of fused-ring (bicyclic) bond motifs is 3. The molecule has 0 unspecified atom stereocenters. The SMILES string of the molecule is CSc1nc(N2CCOC[C@@](C)(O)C2)c2c3c(c(I)nn3C)n(C)c2n1. The summed E-state index contributed by atoms with van der Waals surface area (Å²) < 4.78 is 10.5. The summed E-state index contributed by atoms with van der Waals surface area (Å²) in [5.74, 6) is 0.829. The molecule has 0 spiro atoms. The minimum absolute atomic E-state index is 0.320. The summed E-state index contributed by atoms with van der Waals surface area (Å²) in [7, 11) is 3.95. The van der Waals surface area contributed by atoms with Crippen LogP contribution in [0.1, 0.15) is 6.92 Å². The first-order valence-electron chi connectivity index (χ1n) is 8.30. The Bertz CT molecular complexity index is 998. The minimum atomic E-state index is -0.928. The lowest BCUT2D eigenvalue weighted by Gasteiger charge is -2.28. The maximum absolute atomic E-state index is 10.6. The molecule has 1 saturated heterocycles. The smallest absolute Gasteiger partial charge is 0.191 e. The molecule has 140 valence electrons.